The predicted molar refractivity (Wildman–Crippen MR) is 84.9 cm³/mol. The molecule has 1 heterocycles. The molecule has 2 unspecified atom stereocenters. The Labute approximate surface area is 135 Å². The first kappa shape index (κ1) is 16.4. The van der Waals surface area contributed by atoms with E-state index < -0.39 is 0 Å². The number of carbonyl (C=O) groups is 1. The summed E-state index contributed by atoms with van der Waals surface area (Å²) in [5.74, 6) is 0.795. The van der Waals surface area contributed by atoms with Crippen molar-refractivity contribution in [2.45, 2.75) is 25.8 Å². The van der Waals surface area contributed by atoms with E-state index in [-0.39, 0.29) is 18.6 Å². The number of hydrogen-bond donors (Lipinski definition) is 1. The second-order valence-corrected chi connectivity index (χ2v) is 6.31. The third-order valence-corrected chi connectivity index (χ3v) is 4.33. The molecule has 2 rings (SSSR count). The summed E-state index contributed by atoms with van der Waals surface area (Å²) in [6, 6.07) is 5.04. The van der Waals surface area contributed by atoms with Gasteiger partial charge in [-0.05, 0) is 43.9 Å². The molecule has 0 aliphatic carbocycles. The van der Waals surface area contributed by atoms with Crippen molar-refractivity contribution in [3.05, 3.63) is 28.2 Å². The molecule has 0 bridgehead atoms. The van der Waals surface area contributed by atoms with Crippen LogP contribution in [0.1, 0.15) is 19.8 Å². The van der Waals surface area contributed by atoms with Gasteiger partial charge in [-0.25, -0.2) is 0 Å². The molecule has 0 radical (unpaired) electrons. The number of halogens is 2. The SMILES string of the molecule is CC(N)C1CCCN(C(=O)COc2ccc(Cl)cc2Cl)C1. The van der Waals surface area contributed by atoms with E-state index in [0.29, 0.717) is 28.3 Å². The molecule has 6 heteroatoms. The van der Waals surface area contributed by atoms with E-state index in [1.165, 1.54) is 0 Å². The standard InChI is InChI=1S/C15H20Cl2N2O2/c1-10(18)11-3-2-6-19(8-11)15(20)9-21-14-5-4-12(16)7-13(14)17/h4-5,7,10-11H,2-3,6,8-9,18H2,1H3. The Morgan fingerprint density at radius 3 is 2.95 bits per heavy atom. The van der Waals surface area contributed by atoms with Crippen molar-refractivity contribution < 1.29 is 9.53 Å². The molecule has 0 aromatic heterocycles. The van der Waals surface area contributed by atoms with Crippen LogP contribution in [-0.2, 0) is 4.79 Å². The highest BCUT2D eigenvalue weighted by molar-refractivity contribution is 6.35. The summed E-state index contributed by atoms with van der Waals surface area (Å²) < 4.78 is 5.49. The fourth-order valence-corrected chi connectivity index (χ4v) is 2.95. The van der Waals surface area contributed by atoms with Gasteiger partial charge in [0.1, 0.15) is 5.75 Å². The number of benzene rings is 1. The van der Waals surface area contributed by atoms with Gasteiger partial charge in [0.15, 0.2) is 6.61 Å². The van der Waals surface area contributed by atoms with Gasteiger partial charge in [0.05, 0.1) is 5.02 Å². The van der Waals surface area contributed by atoms with Gasteiger partial charge in [0, 0.05) is 24.2 Å². The van der Waals surface area contributed by atoms with Gasteiger partial charge in [-0.15, -0.1) is 0 Å². The normalized spacial score (nSPS) is 20.2. The zero-order valence-electron chi connectivity index (χ0n) is 12.0. The minimum absolute atomic E-state index is 0.0208. The first-order valence-corrected chi connectivity index (χ1v) is 7.84. The number of piperidine rings is 1. The van der Waals surface area contributed by atoms with Crippen molar-refractivity contribution in [1.29, 1.82) is 0 Å². The molecule has 21 heavy (non-hydrogen) atoms. The summed E-state index contributed by atoms with van der Waals surface area (Å²) >= 11 is 11.8. The van der Waals surface area contributed by atoms with Gasteiger partial charge >= 0.3 is 0 Å². The fraction of sp³-hybridized carbons (Fsp3) is 0.533. The van der Waals surface area contributed by atoms with E-state index in [9.17, 15) is 4.79 Å². The van der Waals surface area contributed by atoms with E-state index in [1.54, 1.807) is 18.2 Å². The van der Waals surface area contributed by atoms with Gasteiger partial charge in [0.2, 0.25) is 0 Å². The highest BCUT2D eigenvalue weighted by Crippen LogP contribution is 2.27. The van der Waals surface area contributed by atoms with Crippen LogP contribution in [0, 0.1) is 5.92 Å². The van der Waals surface area contributed by atoms with Crippen molar-refractivity contribution in [3.8, 4) is 5.75 Å². The number of amides is 1. The Morgan fingerprint density at radius 2 is 2.29 bits per heavy atom. The molecule has 0 spiro atoms. The van der Waals surface area contributed by atoms with Crippen LogP contribution in [0.2, 0.25) is 10.0 Å². The van der Waals surface area contributed by atoms with Crippen molar-refractivity contribution in [1.82, 2.24) is 4.90 Å². The van der Waals surface area contributed by atoms with Crippen molar-refractivity contribution in [2.75, 3.05) is 19.7 Å². The zero-order chi connectivity index (χ0) is 15.4. The van der Waals surface area contributed by atoms with E-state index in [1.807, 2.05) is 11.8 Å². The molecule has 1 saturated heterocycles. The van der Waals surface area contributed by atoms with E-state index >= 15 is 0 Å². The Balaban J connectivity index is 1.89. The van der Waals surface area contributed by atoms with Crippen LogP contribution < -0.4 is 10.5 Å². The Kier molecular flexibility index (Phi) is 5.73. The van der Waals surface area contributed by atoms with Crippen LogP contribution in [0.3, 0.4) is 0 Å². The maximum absolute atomic E-state index is 12.2. The minimum Gasteiger partial charge on any atom is -0.482 e. The number of hydrogen-bond acceptors (Lipinski definition) is 3. The topological polar surface area (TPSA) is 55.6 Å². The van der Waals surface area contributed by atoms with Gasteiger partial charge in [-0.1, -0.05) is 23.2 Å². The second-order valence-electron chi connectivity index (χ2n) is 5.46. The van der Waals surface area contributed by atoms with E-state index in [2.05, 4.69) is 0 Å². The van der Waals surface area contributed by atoms with Gasteiger partial charge < -0.3 is 15.4 Å². The summed E-state index contributed by atoms with van der Waals surface area (Å²) in [4.78, 5) is 14.0. The molecule has 2 atom stereocenters. The third kappa shape index (κ3) is 4.50. The van der Waals surface area contributed by atoms with Crippen LogP contribution in [0.5, 0.6) is 5.75 Å². The van der Waals surface area contributed by atoms with E-state index in [4.69, 9.17) is 33.7 Å². The minimum atomic E-state index is -0.0358. The molecule has 1 aromatic carbocycles. The molecule has 0 saturated carbocycles. The lowest BCUT2D eigenvalue weighted by Gasteiger charge is -2.34. The molecular weight excluding hydrogens is 311 g/mol. The summed E-state index contributed by atoms with van der Waals surface area (Å²) in [6.07, 6.45) is 2.06. The smallest absolute Gasteiger partial charge is 0.260 e. The summed E-state index contributed by atoms with van der Waals surface area (Å²) in [5, 5.41) is 0.942. The quantitative estimate of drug-likeness (QED) is 0.923. The molecule has 1 amide bonds. The molecule has 1 aliphatic heterocycles. The molecule has 4 nitrogen and oxygen atoms in total. The zero-order valence-corrected chi connectivity index (χ0v) is 13.5. The second kappa shape index (κ2) is 7.34. The number of carbonyl (C=O) groups excluding carboxylic acids is 1. The Hall–Kier alpha value is -0.970. The van der Waals surface area contributed by atoms with Crippen LogP contribution in [0.4, 0.5) is 0 Å². The summed E-state index contributed by atoms with van der Waals surface area (Å²) in [7, 11) is 0. The van der Waals surface area contributed by atoms with Crippen LogP contribution in [0.25, 0.3) is 0 Å². The van der Waals surface area contributed by atoms with Crippen LogP contribution in [-0.4, -0.2) is 36.5 Å². The summed E-state index contributed by atoms with van der Waals surface area (Å²) in [5.41, 5.74) is 5.93. The Morgan fingerprint density at radius 1 is 1.52 bits per heavy atom. The maximum Gasteiger partial charge on any atom is 0.260 e. The Bertz CT molecular complexity index is 508. The molecule has 1 fully saturated rings. The number of likely N-dealkylation sites (tertiary alicyclic amines) is 1. The molecule has 116 valence electrons. The lowest BCUT2D eigenvalue weighted by atomic mass is 9.92. The fourth-order valence-electron chi connectivity index (χ4n) is 2.49. The van der Waals surface area contributed by atoms with Gasteiger partial charge in [-0.2, -0.15) is 0 Å². The number of nitrogens with two attached hydrogens (primary N) is 1. The lowest BCUT2D eigenvalue weighted by molar-refractivity contribution is -0.135. The number of nitrogens with zero attached hydrogens (tertiary/aromatic N) is 1. The first-order chi connectivity index (χ1) is 9.97. The van der Waals surface area contributed by atoms with Crippen LogP contribution in [0.15, 0.2) is 18.2 Å². The van der Waals surface area contributed by atoms with Crippen molar-refractivity contribution in [3.63, 3.8) is 0 Å². The average molecular weight is 331 g/mol. The maximum atomic E-state index is 12.2. The van der Waals surface area contributed by atoms with Gasteiger partial charge in [0.25, 0.3) is 5.91 Å². The lowest BCUT2D eigenvalue weighted by Crippen LogP contribution is -2.46. The molecular formula is C15H20Cl2N2O2. The number of ether oxygens (including phenoxy) is 1. The monoisotopic (exact) mass is 330 g/mol. The highest BCUT2D eigenvalue weighted by atomic mass is 35.5. The van der Waals surface area contributed by atoms with Crippen molar-refractivity contribution in [2.24, 2.45) is 11.7 Å². The predicted octanol–water partition coefficient (Wildman–Crippen LogP) is 2.96. The van der Waals surface area contributed by atoms with Crippen LogP contribution >= 0.6 is 23.2 Å². The molecule has 2 N–H and O–H groups in total. The summed E-state index contributed by atoms with van der Waals surface area (Å²) in [6.45, 7) is 3.43. The number of rotatable bonds is 4. The van der Waals surface area contributed by atoms with E-state index in [0.717, 1.165) is 19.4 Å². The molecule has 1 aromatic rings. The third-order valence-electron chi connectivity index (χ3n) is 3.80. The average Bonchev–Trinajstić information content (AvgIpc) is 2.46. The molecule has 1 aliphatic rings. The largest absolute Gasteiger partial charge is 0.482 e. The first-order valence-electron chi connectivity index (χ1n) is 7.08. The highest BCUT2D eigenvalue weighted by Gasteiger charge is 2.26. The van der Waals surface area contributed by atoms with Gasteiger partial charge in [-0.3, -0.25) is 4.79 Å². The van der Waals surface area contributed by atoms with Crippen molar-refractivity contribution >= 4 is 29.1 Å².